The van der Waals surface area contributed by atoms with Crippen molar-refractivity contribution in [2.45, 2.75) is 129 Å². The second-order valence-corrected chi connectivity index (χ2v) is 9.53. The van der Waals surface area contributed by atoms with E-state index in [9.17, 15) is 19.5 Å². The summed E-state index contributed by atoms with van der Waals surface area (Å²) in [6, 6.07) is 5.51. The van der Waals surface area contributed by atoms with Crippen LogP contribution in [-0.4, -0.2) is 58.6 Å². The molecule has 0 fully saturated rings. The predicted molar refractivity (Wildman–Crippen MR) is 147 cm³/mol. The third-order valence-corrected chi connectivity index (χ3v) is 6.20. The zero-order valence-electron chi connectivity index (χ0n) is 22.0. The van der Waals surface area contributed by atoms with E-state index in [0.717, 1.165) is 37.7 Å². The molecule has 7 heteroatoms. The van der Waals surface area contributed by atoms with Crippen molar-refractivity contribution in [2.24, 2.45) is 0 Å². The van der Waals surface area contributed by atoms with Crippen LogP contribution in [0.1, 0.15) is 122 Å². The number of phenolic OH excluding ortho intramolecular Hbond substituents is 1. The number of carbonyl (C=O) groups is 3. The van der Waals surface area contributed by atoms with Crippen LogP contribution in [0.2, 0.25) is 0 Å². The topological polar surface area (TPSA) is 92.7 Å². The van der Waals surface area contributed by atoms with E-state index < -0.39 is 18.0 Å². The van der Waals surface area contributed by atoms with Crippen molar-refractivity contribution in [1.82, 2.24) is 5.32 Å². The van der Waals surface area contributed by atoms with E-state index in [1.54, 1.807) is 12.1 Å². The summed E-state index contributed by atoms with van der Waals surface area (Å²) in [6.07, 6.45) is 16.1. The molecular weight excluding hydrogens is 465 g/mol. The standard InChI is InChI=1S/C29H47NO5.Na.H/c1-3-5-7-9-11-13-15-17-27(32)30-26(23-24-19-21-25(31)22-20-24)29(34)35-28(33)18-16-14-12-10-8-6-4-2;;/h19-22,26,31H,3-18,23H2,1-2H3,(H,30,32);;/t26-;;/m0../s1. The van der Waals surface area contributed by atoms with E-state index in [1.165, 1.54) is 63.5 Å². The number of amides is 1. The van der Waals surface area contributed by atoms with Crippen LogP contribution in [0.15, 0.2) is 24.3 Å². The van der Waals surface area contributed by atoms with Gasteiger partial charge in [-0.05, 0) is 30.5 Å². The van der Waals surface area contributed by atoms with Crippen LogP contribution < -0.4 is 5.32 Å². The Bertz CT molecular complexity index is 723. The molecule has 1 aromatic rings. The average Bonchev–Trinajstić information content (AvgIpc) is 2.83. The quantitative estimate of drug-likeness (QED) is 0.0948. The Hall–Kier alpha value is -1.37. The Kier molecular flexibility index (Phi) is 21.9. The van der Waals surface area contributed by atoms with Crippen LogP contribution in [-0.2, 0) is 25.5 Å². The maximum atomic E-state index is 12.7. The van der Waals surface area contributed by atoms with E-state index in [1.807, 2.05) is 0 Å². The van der Waals surface area contributed by atoms with Crippen LogP contribution in [0, 0.1) is 0 Å². The maximum absolute atomic E-state index is 12.7. The summed E-state index contributed by atoms with van der Waals surface area (Å²) in [4.78, 5) is 37.4. The van der Waals surface area contributed by atoms with Crippen molar-refractivity contribution in [3.8, 4) is 5.75 Å². The minimum absolute atomic E-state index is 0. The number of phenols is 1. The van der Waals surface area contributed by atoms with Gasteiger partial charge in [-0.1, -0.05) is 103 Å². The van der Waals surface area contributed by atoms with Gasteiger partial charge >= 0.3 is 41.5 Å². The molecule has 2 N–H and O–H groups in total. The summed E-state index contributed by atoms with van der Waals surface area (Å²) in [5.41, 5.74) is 0.764. The molecule has 0 aromatic heterocycles. The van der Waals surface area contributed by atoms with Gasteiger partial charge in [-0.15, -0.1) is 0 Å². The van der Waals surface area contributed by atoms with Crippen LogP contribution in [0.3, 0.4) is 0 Å². The number of rotatable bonds is 20. The number of ether oxygens (including phenoxy) is 1. The number of hydrogen-bond donors (Lipinski definition) is 2. The molecule has 0 aliphatic heterocycles. The first-order valence-electron chi connectivity index (χ1n) is 13.8. The van der Waals surface area contributed by atoms with E-state index in [2.05, 4.69) is 19.2 Å². The second kappa shape index (κ2) is 22.8. The van der Waals surface area contributed by atoms with Gasteiger partial charge in [0.25, 0.3) is 0 Å². The first kappa shape index (κ1) is 34.6. The molecular formula is C29H48NNaO5. The molecule has 0 radical (unpaired) electrons. The molecule has 0 saturated heterocycles. The van der Waals surface area contributed by atoms with Crippen molar-refractivity contribution >= 4 is 47.4 Å². The van der Waals surface area contributed by atoms with Gasteiger partial charge in [0.2, 0.25) is 5.91 Å². The molecule has 1 rings (SSSR count). The summed E-state index contributed by atoms with van der Waals surface area (Å²) >= 11 is 0. The summed E-state index contributed by atoms with van der Waals surface area (Å²) in [5.74, 6) is -1.35. The number of nitrogens with one attached hydrogen (secondary N) is 1. The molecule has 6 nitrogen and oxygen atoms in total. The third kappa shape index (κ3) is 18.0. The Labute approximate surface area is 240 Å². The summed E-state index contributed by atoms with van der Waals surface area (Å²) < 4.78 is 5.09. The fourth-order valence-electron chi connectivity index (χ4n) is 4.03. The Morgan fingerprint density at radius 1 is 0.750 bits per heavy atom. The zero-order chi connectivity index (χ0) is 25.7. The van der Waals surface area contributed by atoms with Gasteiger partial charge in [-0.3, -0.25) is 9.59 Å². The molecule has 1 atom stereocenters. The van der Waals surface area contributed by atoms with Crippen LogP contribution in [0.25, 0.3) is 0 Å². The molecule has 1 aromatic carbocycles. The normalized spacial score (nSPS) is 11.4. The van der Waals surface area contributed by atoms with Gasteiger partial charge in [0.05, 0.1) is 0 Å². The summed E-state index contributed by atoms with van der Waals surface area (Å²) in [7, 11) is 0. The molecule has 0 bridgehead atoms. The molecule has 0 spiro atoms. The van der Waals surface area contributed by atoms with E-state index in [4.69, 9.17) is 4.74 Å². The van der Waals surface area contributed by atoms with Crippen LogP contribution >= 0.6 is 0 Å². The van der Waals surface area contributed by atoms with Gasteiger partial charge in [-0.2, -0.15) is 0 Å². The second-order valence-electron chi connectivity index (χ2n) is 9.53. The number of benzene rings is 1. The number of unbranched alkanes of at least 4 members (excludes halogenated alkanes) is 12. The number of hydrogen-bond acceptors (Lipinski definition) is 5. The Morgan fingerprint density at radius 2 is 1.22 bits per heavy atom. The first-order valence-corrected chi connectivity index (χ1v) is 13.8. The molecule has 36 heavy (non-hydrogen) atoms. The van der Waals surface area contributed by atoms with E-state index >= 15 is 0 Å². The summed E-state index contributed by atoms with van der Waals surface area (Å²) in [5, 5.41) is 12.3. The first-order chi connectivity index (χ1) is 17.0. The number of carbonyl (C=O) groups excluding carboxylic acids is 3. The molecule has 200 valence electrons. The molecule has 1 amide bonds. The van der Waals surface area contributed by atoms with Crippen LogP contribution in [0.5, 0.6) is 5.75 Å². The van der Waals surface area contributed by atoms with Gasteiger partial charge in [0.15, 0.2) is 0 Å². The fourth-order valence-corrected chi connectivity index (χ4v) is 4.03. The van der Waals surface area contributed by atoms with E-state index in [0.29, 0.717) is 12.8 Å². The Balaban J connectivity index is 0.0000122. The molecule has 0 saturated carbocycles. The fraction of sp³-hybridized carbons (Fsp3) is 0.690. The van der Waals surface area contributed by atoms with Gasteiger partial charge in [0, 0.05) is 19.3 Å². The number of aromatic hydroxyl groups is 1. The number of esters is 2. The van der Waals surface area contributed by atoms with Gasteiger partial charge < -0.3 is 15.2 Å². The minimum atomic E-state index is -0.936. The van der Waals surface area contributed by atoms with Crippen molar-refractivity contribution in [2.75, 3.05) is 0 Å². The molecule has 0 heterocycles. The van der Waals surface area contributed by atoms with E-state index in [-0.39, 0.29) is 54.1 Å². The molecule has 0 aliphatic carbocycles. The zero-order valence-corrected chi connectivity index (χ0v) is 22.0. The van der Waals surface area contributed by atoms with Crippen LogP contribution in [0.4, 0.5) is 0 Å². The van der Waals surface area contributed by atoms with Crippen molar-refractivity contribution in [1.29, 1.82) is 0 Å². The monoisotopic (exact) mass is 513 g/mol. The van der Waals surface area contributed by atoms with Crippen molar-refractivity contribution < 1.29 is 24.2 Å². The van der Waals surface area contributed by atoms with Gasteiger partial charge in [0.1, 0.15) is 11.8 Å². The summed E-state index contributed by atoms with van der Waals surface area (Å²) in [6.45, 7) is 4.37. The average molecular weight is 514 g/mol. The SMILES string of the molecule is CCCCCCCCCC(=O)N[C@@H](Cc1ccc(O)cc1)C(=O)OC(=O)CCCCCCCCC.[NaH]. The predicted octanol–water partition coefficient (Wildman–Crippen LogP) is 6.12. The van der Waals surface area contributed by atoms with Gasteiger partial charge in [-0.25, -0.2) is 4.79 Å². The third-order valence-electron chi connectivity index (χ3n) is 6.20. The van der Waals surface area contributed by atoms with Crippen molar-refractivity contribution in [3.63, 3.8) is 0 Å². The van der Waals surface area contributed by atoms with Crippen molar-refractivity contribution in [3.05, 3.63) is 29.8 Å². The Morgan fingerprint density at radius 3 is 1.75 bits per heavy atom. The molecule has 0 aliphatic rings. The molecule has 0 unspecified atom stereocenters.